The van der Waals surface area contributed by atoms with Crippen LogP contribution in [0.25, 0.3) is 33.8 Å². The number of carboxylic acids is 2. The third kappa shape index (κ3) is 46.4. The Morgan fingerprint density at radius 3 is 1.30 bits per heavy atom. The van der Waals surface area contributed by atoms with Crippen molar-refractivity contribution in [1.29, 1.82) is 10.5 Å². The number of halogens is 5. The zero-order valence-electron chi connectivity index (χ0n) is 71.2. The second-order valence-corrected chi connectivity index (χ2v) is 28.9. The number of alkyl halides is 1. The number of aromatic carboxylic acids is 2. The van der Waals surface area contributed by atoms with Crippen molar-refractivity contribution in [3.05, 3.63) is 240 Å². The number of aryl methyl sites for hydroxylation is 5. The third-order valence-electron chi connectivity index (χ3n) is 15.1. The zero-order valence-corrected chi connectivity index (χ0v) is 81.8. The first-order valence-electron chi connectivity index (χ1n) is 37.2. The molecule has 0 unspecified atom stereocenters. The van der Waals surface area contributed by atoms with E-state index in [1.165, 1.54) is 73.8 Å². The maximum atomic E-state index is 12.4. The second-order valence-electron chi connectivity index (χ2n) is 25.1. The van der Waals surface area contributed by atoms with Crippen LogP contribution in [0.15, 0.2) is 183 Å². The van der Waals surface area contributed by atoms with E-state index < -0.39 is 31.9 Å². The smallest absolute Gasteiger partial charge is 1.00 e. The van der Waals surface area contributed by atoms with Crippen molar-refractivity contribution in [2.75, 3.05) is 21.7 Å². The molecular weight excluding hydrogens is 1880 g/mol. The van der Waals surface area contributed by atoms with Crippen LogP contribution in [0.3, 0.4) is 0 Å². The number of aromatic nitrogens is 16. The number of nitriles is 2. The predicted molar refractivity (Wildman–Crippen MR) is 486 cm³/mol. The summed E-state index contributed by atoms with van der Waals surface area (Å²) in [4.78, 5) is 89.3. The summed E-state index contributed by atoms with van der Waals surface area (Å²) < 4.78 is 36.7. The van der Waals surface area contributed by atoms with Gasteiger partial charge in [0.25, 0.3) is 16.6 Å². The molecule has 39 nitrogen and oxygen atoms in total. The number of hydrogen-bond acceptors (Lipinski definition) is 29. The number of hydrogen-bond donors (Lipinski definition) is 8. The van der Waals surface area contributed by atoms with Crippen LogP contribution in [0.2, 0.25) is 20.4 Å². The molecular formula is C81H101BrCl4K2N24O15S. The maximum Gasteiger partial charge on any atom is 1.00 e. The number of carbonyl (C=O) groups excluding carboxylic acids is 2. The van der Waals surface area contributed by atoms with Crippen LogP contribution in [0.1, 0.15) is 148 Å². The number of aromatic amines is 1. The molecule has 0 aliphatic heterocycles. The van der Waals surface area contributed by atoms with Gasteiger partial charge in [-0.05, 0) is 100 Å². The Balaban J connectivity index is -0.000000719. The largest absolute Gasteiger partial charge is 1.00 e. The zero-order chi connectivity index (χ0) is 92.3. The molecule has 0 fully saturated rings. The van der Waals surface area contributed by atoms with Crippen LogP contribution in [-0.2, 0) is 46.0 Å². The van der Waals surface area contributed by atoms with Crippen LogP contribution in [0.4, 0.5) is 40.3 Å². The average molecular weight is 1980 g/mol. The quantitative estimate of drug-likeness (QED) is 0.00287. The Hall–Kier alpha value is -9.83. The van der Waals surface area contributed by atoms with Gasteiger partial charge in [-0.2, -0.15) is 44.4 Å². The topological polar surface area (TPSA) is 583 Å². The van der Waals surface area contributed by atoms with Gasteiger partial charge in [-0.15, -0.1) is 0 Å². The molecule has 0 saturated heterocycles. The number of H-pyrrole nitrogens is 1. The Labute approximate surface area is 857 Å². The molecule has 0 amide bonds. The van der Waals surface area contributed by atoms with Crippen LogP contribution < -0.4 is 130 Å². The fourth-order valence-corrected chi connectivity index (χ4v) is 10.4. The monoisotopic (exact) mass is 1980 g/mol. The summed E-state index contributed by atoms with van der Waals surface area (Å²) >= 11 is 27.4. The van der Waals surface area contributed by atoms with Crippen molar-refractivity contribution in [2.45, 2.75) is 152 Å². The molecule has 8 heterocycles. The molecule has 47 heteroatoms. The summed E-state index contributed by atoms with van der Waals surface area (Å²) in [5.41, 5.74) is 18.4. The Bertz CT molecular complexity index is 5500. The second kappa shape index (κ2) is 66.5. The first-order valence-corrected chi connectivity index (χ1v) is 41.3. The average Bonchev–Trinajstić information content (AvgIpc) is 1.15. The van der Waals surface area contributed by atoms with Crippen molar-refractivity contribution < 1.29 is 168 Å². The van der Waals surface area contributed by atoms with E-state index in [1.54, 1.807) is 103 Å². The number of nitro groups is 2. The number of rotatable bonds is 26. The minimum absolute atomic E-state index is 0. The molecule has 0 spiro atoms. The van der Waals surface area contributed by atoms with E-state index in [2.05, 4.69) is 126 Å². The van der Waals surface area contributed by atoms with Crippen LogP contribution in [0, 0.1) is 55.7 Å². The van der Waals surface area contributed by atoms with Gasteiger partial charge in [-0.3, -0.25) is 58.2 Å². The Morgan fingerprint density at radius 2 is 0.984 bits per heavy atom. The van der Waals surface area contributed by atoms with Gasteiger partial charge in [0, 0.05) is 80.2 Å². The molecule has 12 aromatic rings. The maximum absolute atomic E-state index is 12.4. The summed E-state index contributed by atoms with van der Waals surface area (Å²) in [6.45, 7) is 19.0. The van der Waals surface area contributed by atoms with Crippen molar-refractivity contribution in [3.63, 3.8) is 0 Å². The van der Waals surface area contributed by atoms with Crippen molar-refractivity contribution in [3.8, 4) is 45.9 Å². The number of benzene rings is 4. The molecule has 12 rings (SSSR count). The van der Waals surface area contributed by atoms with E-state index in [-0.39, 0.29) is 184 Å². The van der Waals surface area contributed by atoms with Crippen molar-refractivity contribution in [2.24, 2.45) is 11.7 Å². The number of carbonyl (C=O) groups is 4. The van der Waals surface area contributed by atoms with Gasteiger partial charge in [0.05, 0.1) is 143 Å². The number of ketones is 1. The standard InChI is InChI=1S/C22H23ClN6O.C17H16ClN5O2.C11H6Cl2N2O2.C7H8O3S.C6H9N3O2.C6H11N3.C3H7Br.C3H3N3O2.C3H6N2.CH2O3.2CH4.2K.H2.H/c1-3-9-29-14-18(12-26-29)27-22-25-13-19(23)21(28-22)17-7-5-16(6-8-17)20(30)10-15(4-2)11-24;1-2-7-23-10-13(8-20-23)21-17-19-9-14(18)15(22-17)11-3-5-12(6-4-11)16(24)25;12-8-5-14-11(13)15-9(8)6-1-3-7(4-2-6)10(16)17;1-6-2-4-7(5-3-6)11(8,9)10;1-2-3-8-5-6(4-7-8)9(10)11;1-2-3-9-5-6(7)4-8-9;1-2-3-4;7-6(8)3-1-4-5-2-3;1-3(5)2-4;2-1-4-3;;;;;;/h5-8,12-15H,3-4,9-10H2,1-2H3,(H,25,27,28);3-6,8-10H,2,7H2,1H3,(H,24,25)(H,19,21,22);1-5H,(H,16,17);2-5H,1H3,(H,8,9,10);4-5H,2-3H2,1H3;4-5H,2-3,7H2,1H3;2-3H2,1H3;1-2H,(H,4,5);3H,5H2,1H3;1,3H;2*1H4;;;1H;/q;;;;;;;;;;;;2*+1;;-1/p-1/t15-;;;;;;;;3-;;;;;;;/m1.......0......./s1. The summed E-state index contributed by atoms with van der Waals surface area (Å²) in [5, 5.41) is 93.6. The van der Waals surface area contributed by atoms with Crippen molar-refractivity contribution in [1.82, 2.24) is 79.2 Å². The predicted octanol–water partition coefficient (Wildman–Crippen LogP) is 11.6. The number of nitrogens with two attached hydrogens (primary N) is 2. The van der Waals surface area contributed by atoms with Gasteiger partial charge in [0.2, 0.25) is 17.2 Å². The number of anilines is 5. The summed E-state index contributed by atoms with van der Waals surface area (Å²) in [5.74, 6) is -1.47. The van der Waals surface area contributed by atoms with Crippen LogP contribution >= 0.6 is 62.3 Å². The van der Waals surface area contributed by atoms with E-state index in [9.17, 15) is 43.0 Å². The molecule has 0 aliphatic rings. The van der Waals surface area contributed by atoms with E-state index in [0.29, 0.717) is 67.2 Å². The normalized spacial score (nSPS) is 10.2. The van der Waals surface area contributed by atoms with Crippen LogP contribution in [-0.4, -0.2) is 148 Å². The van der Waals surface area contributed by atoms with Crippen LogP contribution in [0.5, 0.6) is 0 Å². The summed E-state index contributed by atoms with van der Waals surface area (Å²) in [6.07, 6.45) is 26.3. The Kier molecular flexibility index (Phi) is 62.5. The molecule has 8 aromatic heterocycles. The summed E-state index contributed by atoms with van der Waals surface area (Å²) in [7, 11) is -4.02. The number of nitrogens with one attached hydrogen (secondary N) is 3. The van der Waals surface area contributed by atoms with Gasteiger partial charge < -0.3 is 43.9 Å². The molecule has 0 radical (unpaired) electrons. The molecule has 0 bridgehead atoms. The van der Waals surface area contributed by atoms with E-state index in [1.807, 2.05) is 53.4 Å². The molecule has 2 atom stereocenters. The minimum atomic E-state index is -4.02. The number of nitrogen functional groups attached to an aromatic ring is 1. The van der Waals surface area contributed by atoms with Gasteiger partial charge in [-0.25, -0.2) is 39.5 Å². The van der Waals surface area contributed by atoms with Gasteiger partial charge >= 0.3 is 126 Å². The first kappa shape index (κ1) is 120. The Morgan fingerprint density at radius 1 is 0.609 bits per heavy atom. The molecule has 0 saturated carbocycles. The molecule has 4 aromatic carbocycles. The van der Waals surface area contributed by atoms with Crippen molar-refractivity contribution >= 4 is 137 Å². The molecule has 0 aliphatic carbocycles. The third-order valence-corrected chi connectivity index (χ3v) is 17.8. The number of nitrogens with zero attached hydrogens (tertiary/aromatic N) is 19. The minimum Gasteiger partial charge on any atom is -1.00 e. The fraction of sp³-hybridized carbons (Fsp3) is 0.296. The molecule has 128 heavy (non-hydrogen) atoms. The van der Waals surface area contributed by atoms with Gasteiger partial charge in [0.1, 0.15) is 18.6 Å². The fourth-order valence-electron chi connectivity index (χ4n) is 9.19. The van der Waals surface area contributed by atoms with E-state index in [4.69, 9.17) is 93.2 Å². The number of Topliss-reactive ketones (excluding diaryl/α,β-unsaturated/α-hetero) is 1. The first-order chi connectivity index (χ1) is 59.1. The van der Waals surface area contributed by atoms with Gasteiger partial charge in [-0.1, -0.05) is 173 Å². The molecule has 10 N–H and O–H groups in total. The molecule has 678 valence electrons. The summed E-state index contributed by atoms with van der Waals surface area (Å²) in [6, 6.07) is 29.3. The van der Waals surface area contributed by atoms with Gasteiger partial charge in [0.15, 0.2) is 5.78 Å². The van der Waals surface area contributed by atoms with E-state index in [0.717, 1.165) is 91.6 Å². The van der Waals surface area contributed by atoms with E-state index >= 15 is 0 Å². The number of carboxylic acid groups (broad SMARTS) is 2. The SMILES string of the molecule is C.C.CCCBr.CCCn1cc(N)cn1.CCCn1cc(Nc2ncc(Cl)c(-c3ccc(C(=O)C[C@H](C#N)CC)cc3)n2)cn1.CCCn1cc(Nc2ncc(Cl)c(-c3ccc(C(=O)O)cc3)n2)cn1.CCCn1cc([N+](=O)[O-])cn1.C[C@H](N)C#N.Cc1ccc(S(=O)(=O)O)cc1.O=C(O)c1ccc(-c2nc(Cl)ncc2Cl)cc1.O=CO[O-].O=[N+]([O-])c1cn[nH]c1.[H-].[HH].[K+].[K+].